The monoisotopic (exact) mass is 445 g/mol. The summed E-state index contributed by atoms with van der Waals surface area (Å²) in [4.78, 5) is 26.6. The molecule has 0 heterocycles. The van der Waals surface area contributed by atoms with E-state index in [0.29, 0.717) is 23.4 Å². The highest BCUT2D eigenvalue weighted by Gasteiger charge is 2.21. The van der Waals surface area contributed by atoms with Gasteiger partial charge in [0.05, 0.1) is 11.4 Å². The lowest BCUT2D eigenvalue weighted by Crippen LogP contribution is -2.47. The lowest BCUT2D eigenvalue weighted by atomic mass is 10.1. The van der Waals surface area contributed by atoms with Crippen molar-refractivity contribution in [1.29, 1.82) is 0 Å². The van der Waals surface area contributed by atoms with Crippen molar-refractivity contribution in [1.82, 2.24) is 10.2 Å². The molecule has 0 atom stereocenters. The number of carbonyl (C=O) groups excluding carboxylic acids is 2. The van der Waals surface area contributed by atoms with Crippen LogP contribution in [-0.2, 0) is 14.8 Å². The van der Waals surface area contributed by atoms with Crippen LogP contribution >= 0.6 is 0 Å². The van der Waals surface area contributed by atoms with Gasteiger partial charge >= 0.3 is 0 Å². The summed E-state index contributed by atoms with van der Waals surface area (Å²) in [6.45, 7) is 11.3. The van der Waals surface area contributed by atoms with Gasteiger partial charge in [0.1, 0.15) is 0 Å². The Morgan fingerprint density at radius 1 is 1.00 bits per heavy atom. The molecule has 0 spiro atoms. The van der Waals surface area contributed by atoms with Gasteiger partial charge in [0.2, 0.25) is 5.91 Å². The van der Waals surface area contributed by atoms with E-state index in [1.165, 1.54) is 4.90 Å². The third-order valence-corrected chi connectivity index (χ3v) is 6.06. The first-order valence-electron chi connectivity index (χ1n) is 10.1. The first-order chi connectivity index (χ1) is 14.3. The number of likely N-dealkylation sites (N-methyl/N-ethyl adjacent to an activating group) is 1. The average Bonchev–Trinajstić information content (AvgIpc) is 2.66. The quantitative estimate of drug-likeness (QED) is 0.682. The second-order valence-electron chi connectivity index (χ2n) is 8.57. The average molecular weight is 446 g/mol. The normalized spacial score (nSPS) is 11.7. The van der Waals surface area contributed by atoms with Crippen molar-refractivity contribution in [3.63, 3.8) is 0 Å². The smallest absolute Gasteiger partial charge is 0.262 e. The van der Waals surface area contributed by atoms with Crippen LogP contribution in [-0.4, -0.2) is 43.8 Å². The van der Waals surface area contributed by atoms with Gasteiger partial charge in [-0.05, 0) is 83.0 Å². The largest absolute Gasteiger partial charge is 0.350 e. The molecule has 0 aliphatic carbocycles. The highest BCUT2D eigenvalue weighted by atomic mass is 32.2. The molecule has 0 aromatic heterocycles. The Morgan fingerprint density at radius 3 is 2.16 bits per heavy atom. The van der Waals surface area contributed by atoms with Gasteiger partial charge in [0.25, 0.3) is 15.9 Å². The molecule has 0 saturated carbocycles. The minimum Gasteiger partial charge on any atom is -0.350 e. The number of nitrogens with one attached hydrogen (secondary N) is 2. The van der Waals surface area contributed by atoms with Gasteiger partial charge in [0.15, 0.2) is 0 Å². The van der Waals surface area contributed by atoms with Crippen LogP contribution in [0.5, 0.6) is 0 Å². The van der Waals surface area contributed by atoms with E-state index in [1.807, 2.05) is 33.8 Å². The zero-order valence-corrected chi connectivity index (χ0v) is 19.8. The molecular weight excluding hydrogens is 414 g/mol. The molecule has 2 aromatic rings. The van der Waals surface area contributed by atoms with Crippen LogP contribution in [0.25, 0.3) is 0 Å². The maximum atomic E-state index is 12.8. The van der Waals surface area contributed by atoms with Crippen LogP contribution in [0.4, 0.5) is 5.69 Å². The van der Waals surface area contributed by atoms with Crippen molar-refractivity contribution in [2.75, 3.05) is 17.8 Å². The number of hydrogen-bond donors (Lipinski definition) is 2. The van der Waals surface area contributed by atoms with Gasteiger partial charge in [-0.1, -0.05) is 12.1 Å². The summed E-state index contributed by atoms with van der Waals surface area (Å²) in [6, 6.07) is 11.4. The number of nitrogens with zero attached hydrogens (tertiary/aromatic N) is 1. The van der Waals surface area contributed by atoms with Gasteiger partial charge in [-0.15, -0.1) is 0 Å². The Balaban J connectivity index is 2.14. The lowest BCUT2D eigenvalue weighted by Gasteiger charge is -2.25. The predicted octanol–water partition coefficient (Wildman–Crippen LogP) is 3.48. The maximum Gasteiger partial charge on any atom is 0.262 e. The van der Waals surface area contributed by atoms with Gasteiger partial charge in [-0.25, -0.2) is 8.42 Å². The number of sulfonamides is 1. The number of hydrogen-bond acceptors (Lipinski definition) is 4. The van der Waals surface area contributed by atoms with Crippen molar-refractivity contribution in [2.45, 2.75) is 52.0 Å². The summed E-state index contributed by atoms with van der Waals surface area (Å²) in [7, 11) is -3.75. The summed E-state index contributed by atoms with van der Waals surface area (Å²) in [5, 5.41) is 2.84. The fraction of sp³-hybridized carbons (Fsp3) is 0.391. The minimum absolute atomic E-state index is 0.0480. The maximum absolute atomic E-state index is 12.8. The molecule has 2 N–H and O–H groups in total. The third kappa shape index (κ3) is 6.82. The van der Waals surface area contributed by atoms with E-state index in [0.717, 1.165) is 5.56 Å². The Kier molecular flexibility index (Phi) is 7.49. The van der Waals surface area contributed by atoms with Crippen LogP contribution in [0.3, 0.4) is 0 Å². The summed E-state index contributed by atoms with van der Waals surface area (Å²) in [5.41, 5.74) is 1.85. The number of anilines is 1. The molecule has 0 unspecified atom stereocenters. The molecule has 168 valence electrons. The molecule has 0 fully saturated rings. The van der Waals surface area contributed by atoms with Crippen molar-refractivity contribution >= 4 is 27.5 Å². The summed E-state index contributed by atoms with van der Waals surface area (Å²) < 4.78 is 28.1. The van der Waals surface area contributed by atoms with Crippen molar-refractivity contribution < 1.29 is 18.0 Å². The summed E-state index contributed by atoms with van der Waals surface area (Å²) >= 11 is 0. The molecule has 31 heavy (non-hydrogen) atoms. The second-order valence-corrected chi connectivity index (χ2v) is 10.2. The lowest BCUT2D eigenvalue weighted by molar-refractivity contribution is -0.123. The van der Waals surface area contributed by atoms with Gasteiger partial charge in [0, 0.05) is 23.3 Å². The molecule has 0 aliphatic rings. The van der Waals surface area contributed by atoms with Crippen LogP contribution in [0.15, 0.2) is 47.4 Å². The van der Waals surface area contributed by atoms with E-state index in [-0.39, 0.29) is 28.8 Å². The van der Waals surface area contributed by atoms with Crippen LogP contribution in [0, 0.1) is 13.8 Å². The Labute approximate surface area is 184 Å². The second kappa shape index (κ2) is 9.51. The van der Waals surface area contributed by atoms with Gasteiger partial charge < -0.3 is 10.2 Å². The highest BCUT2D eigenvalue weighted by molar-refractivity contribution is 7.92. The molecule has 0 bridgehead atoms. The fourth-order valence-electron chi connectivity index (χ4n) is 3.03. The molecule has 2 rings (SSSR count). The fourth-order valence-corrected chi connectivity index (χ4v) is 4.42. The number of amides is 2. The van der Waals surface area contributed by atoms with E-state index < -0.39 is 10.0 Å². The number of rotatable bonds is 7. The minimum atomic E-state index is -3.75. The zero-order chi connectivity index (χ0) is 23.4. The van der Waals surface area contributed by atoms with Gasteiger partial charge in [-0.2, -0.15) is 0 Å². The van der Waals surface area contributed by atoms with Crippen LogP contribution < -0.4 is 10.0 Å². The van der Waals surface area contributed by atoms with Crippen LogP contribution in [0.2, 0.25) is 0 Å². The Morgan fingerprint density at radius 2 is 1.61 bits per heavy atom. The number of benzene rings is 2. The zero-order valence-electron chi connectivity index (χ0n) is 18.9. The predicted molar refractivity (Wildman–Crippen MR) is 123 cm³/mol. The number of aryl methyl sites for hydroxylation is 2. The van der Waals surface area contributed by atoms with Crippen molar-refractivity contribution in [3.8, 4) is 0 Å². The molecular formula is C23H31N3O4S. The molecule has 0 saturated heterocycles. The molecule has 7 nitrogen and oxygen atoms in total. The van der Waals surface area contributed by atoms with Crippen LogP contribution in [0.1, 0.15) is 49.2 Å². The Bertz CT molecular complexity index is 1060. The molecule has 0 aliphatic heterocycles. The topological polar surface area (TPSA) is 95.6 Å². The molecule has 2 aromatic carbocycles. The SMILES string of the molecule is CCN(CC(=O)NC(C)(C)C)C(=O)c1ccc(NS(=O)(=O)c2cc(C)ccc2C)cc1. The first-order valence-corrected chi connectivity index (χ1v) is 11.6. The van der Waals surface area contributed by atoms with E-state index in [4.69, 9.17) is 0 Å². The molecule has 0 radical (unpaired) electrons. The first kappa shape index (κ1) is 24.4. The Hall–Kier alpha value is -2.87. The van der Waals surface area contributed by atoms with Gasteiger partial charge in [-0.3, -0.25) is 14.3 Å². The summed E-state index contributed by atoms with van der Waals surface area (Å²) in [5.74, 6) is -0.531. The number of carbonyl (C=O) groups is 2. The van der Waals surface area contributed by atoms with E-state index in [1.54, 1.807) is 50.2 Å². The van der Waals surface area contributed by atoms with E-state index in [2.05, 4.69) is 10.0 Å². The molecule has 2 amide bonds. The summed E-state index contributed by atoms with van der Waals surface area (Å²) in [6.07, 6.45) is 0. The van der Waals surface area contributed by atoms with Crippen molar-refractivity contribution in [3.05, 3.63) is 59.2 Å². The van der Waals surface area contributed by atoms with E-state index >= 15 is 0 Å². The third-order valence-electron chi connectivity index (χ3n) is 4.54. The molecule has 8 heteroatoms. The highest BCUT2D eigenvalue weighted by Crippen LogP contribution is 2.21. The van der Waals surface area contributed by atoms with E-state index in [9.17, 15) is 18.0 Å². The van der Waals surface area contributed by atoms with Crippen molar-refractivity contribution in [2.24, 2.45) is 0 Å². The standard InChI is InChI=1S/C23H31N3O4S/c1-7-26(15-21(27)24-23(4,5)6)22(28)18-10-12-19(13-11-18)25-31(29,30)20-14-16(2)8-9-17(20)3/h8-14,25H,7,15H2,1-6H3,(H,24,27).